The van der Waals surface area contributed by atoms with Crippen LogP contribution in [-0.2, 0) is 0 Å². The van der Waals surface area contributed by atoms with Gasteiger partial charge in [0.2, 0.25) is 0 Å². The Hall–Kier alpha value is -1.17. The first-order chi connectivity index (χ1) is 22.8. The Bertz CT molecular complexity index is 904. The van der Waals surface area contributed by atoms with Crippen molar-refractivity contribution in [2.75, 3.05) is 0 Å². The van der Waals surface area contributed by atoms with Crippen LogP contribution in [0.3, 0.4) is 0 Å². The number of hydrogen-bond donors (Lipinski definition) is 8. The van der Waals surface area contributed by atoms with Gasteiger partial charge in [0.1, 0.15) is 0 Å². The smallest absolute Gasteiger partial charge is 0.0628 e. The van der Waals surface area contributed by atoms with Crippen LogP contribution in [0.2, 0.25) is 0 Å². The van der Waals surface area contributed by atoms with E-state index in [1.54, 1.807) is 12.4 Å². The summed E-state index contributed by atoms with van der Waals surface area (Å²) in [5.74, 6) is 5.97. The van der Waals surface area contributed by atoms with E-state index in [0.29, 0.717) is 49.3 Å². The molecular formula is C37H61N9. The molecule has 5 aliphatic heterocycles. The first-order valence-electron chi connectivity index (χ1n) is 19.7. The van der Waals surface area contributed by atoms with E-state index in [1.165, 1.54) is 103 Å². The van der Waals surface area contributed by atoms with Gasteiger partial charge in [-0.15, -0.1) is 0 Å². The predicted octanol–water partition coefficient (Wildman–Crippen LogP) is 3.69. The minimum absolute atomic E-state index is 0.420. The fourth-order valence-electron chi connectivity index (χ4n) is 12.3. The number of nitrogens with one attached hydrogen (secondary N) is 8. The van der Waals surface area contributed by atoms with Crippen LogP contribution in [-0.4, -0.2) is 54.3 Å². The quantitative estimate of drug-likeness (QED) is 0.218. The highest BCUT2D eigenvalue weighted by Crippen LogP contribution is 2.45. The SMILES string of the molecule is C1CCC2C3NC(NC4NC(NC5NC(NC6NC(N3)C3CCCCC63)C3CCCCC53)C3CCCCC43)C2C1.c1ccncc1. The molecule has 10 rings (SSSR count). The van der Waals surface area contributed by atoms with Crippen molar-refractivity contribution in [3.8, 4) is 0 Å². The summed E-state index contributed by atoms with van der Waals surface area (Å²) in [5, 5.41) is 33.8. The van der Waals surface area contributed by atoms with E-state index in [2.05, 4.69) is 47.5 Å². The van der Waals surface area contributed by atoms with Gasteiger partial charge in [0.15, 0.2) is 0 Å². The zero-order chi connectivity index (χ0) is 30.5. The summed E-state index contributed by atoms with van der Waals surface area (Å²) in [7, 11) is 0. The zero-order valence-corrected chi connectivity index (χ0v) is 27.9. The van der Waals surface area contributed by atoms with Crippen molar-refractivity contribution >= 4 is 0 Å². The second kappa shape index (κ2) is 13.6. The van der Waals surface area contributed by atoms with Crippen LogP contribution in [0, 0.1) is 47.3 Å². The van der Waals surface area contributed by atoms with E-state index in [9.17, 15) is 0 Å². The Balaban J connectivity index is 0.000000440. The standard InChI is InChI=1S/C32H56N8.C5H5N/c1-2-10-18-17(9-1)25-33-26(18)38-28-21-13-5-6-14-22(21)30(35-28)40-32-24-16-8-7-15-23(24)31(36-32)39-29-20-12-4-3-11-19(20)27(34-29)37-25;1-2-4-6-5-3-1/h17-40H,1-16H2;1-5H. The third-order valence-electron chi connectivity index (χ3n) is 14.4. The average molecular weight is 632 g/mol. The maximum Gasteiger partial charge on any atom is 0.0628 e. The molecule has 46 heavy (non-hydrogen) atoms. The van der Waals surface area contributed by atoms with Gasteiger partial charge < -0.3 is 0 Å². The topological polar surface area (TPSA) is 109 Å². The molecule has 5 saturated heterocycles. The molecule has 0 radical (unpaired) electrons. The minimum atomic E-state index is 0.420. The molecule has 8 unspecified atom stereocenters. The van der Waals surface area contributed by atoms with Crippen molar-refractivity contribution in [1.82, 2.24) is 47.5 Å². The van der Waals surface area contributed by atoms with Crippen molar-refractivity contribution in [2.45, 2.75) is 152 Å². The number of aromatic nitrogens is 1. The molecule has 9 fully saturated rings. The first-order valence-corrected chi connectivity index (χ1v) is 19.7. The van der Waals surface area contributed by atoms with Crippen LogP contribution in [0.4, 0.5) is 0 Å². The monoisotopic (exact) mass is 632 g/mol. The summed E-state index contributed by atoms with van der Waals surface area (Å²) in [6, 6.07) is 5.72. The fourth-order valence-corrected chi connectivity index (χ4v) is 12.3. The van der Waals surface area contributed by atoms with Gasteiger partial charge >= 0.3 is 0 Å². The molecule has 1 aromatic rings. The minimum Gasteiger partial charge on any atom is -0.286 e. The van der Waals surface area contributed by atoms with Gasteiger partial charge in [0.05, 0.1) is 49.3 Å². The number of fused-ring (bicyclic) bond motifs is 20. The summed E-state index contributed by atoms with van der Waals surface area (Å²) in [5.41, 5.74) is 0. The lowest BCUT2D eigenvalue weighted by atomic mass is 9.76. The largest absolute Gasteiger partial charge is 0.286 e. The molecule has 9 aliphatic rings. The van der Waals surface area contributed by atoms with Gasteiger partial charge in [-0.25, -0.2) is 0 Å². The van der Waals surface area contributed by atoms with Crippen molar-refractivity contribution < 1.29 is 0 Å². The summed E-state index contributed by atoms with van der Waals surface area (Å²) >= 11 is 0. The molecule has 254 valence electrons. The highest BCUT2D eigenvalue weighted by Gasteiger charge is 2.54. The first kappa shape index (κ1) is 30.9. The second-order valence-electron chi connectivity index (χ2n) is 16.6. The summed E-state index contributed by atoms with van der Waals surface area (Å²) in [6.45, 7) is 0. The van der Waals surface area contributed by atoms with Crippen molar-refractivity contribution in [1.29, 1.82) is 0 Å². The summed E-state index contributed by atoms with van der Waals surface area (Å²) in [4.78, 5) is 3.78. The van der Waals surface area contributed by atoms with Crippen LogP contribution in [0.15, 0.2) is 30.6 Å². The van der Waals surface area contributed by atoms with E-state index < -0.39 is 0 Å². The molecule has 6 heterocycles. The van der Waals surface area contributed by atoms with E-state index in [4.69, 9.17) is 0 Å². The molecule has 0 amide bonds. The van der Waals surface area contributed by atoms with Crippen molar-refractivity contribution in [2.24, 2.45) is 47.3 Å². The molecule has 8 N–H and O–H groups in total. The van der Waals surface area contributed by atoms with E-state index >= 15 is 0 Å². The van der Waals surface area contributed by atoms with Gasteiger partial charge in [0.25, 0.3) is 0 Å². The van der Waals surface area contributed by atoms with Crippen LogP contribution in [0.5, 0.6) is 0 Å². The Morgan fingerprint density at radius 3 is 0.609 bits per heavy atom. The lowest BCUT2D eigenvalue weighted by molar-refractivity contribution is 0.167. The highest BCUT2D eigenvalue weighted by atomic mass is 15.4. The van der Waals surface area contributed by atoms with Crippen LogP contribution < -0.4 is 42.5 Å². The Labute approximate surface area is 277 Å². The molecule has 9 nitrogen and oxygen atoms in total. The van der Waals surface area contributed by atoms with Crippen molar-refractivity contribution in [3.63, 3.8) is 0 Å². The lowest BCUT2D eigenvalue weighted by Gasteiger charge is -2.35. The third kappa shape index (κ3) is 5.89. The van der Waals surface area contributed by atoms with Gasteiger partial charge in [-0.1, -0.05) is 57.4 Å². The van der Waals surface area contributed by atoms with Gasteiger partial charge in [-0.05, 0) is 111 Å². The van der Waals surface area contributed by atoms with Crippen LogP contribution in [0.25, 0.3) is 0 Å². The molecule has 0 spiro atoms. The summed E-state index contributed by atoms with van der Waals surface area (Å²) in [6.07, 6.45) is 29.1. The van der Waals surface area contributed by atoms with Gasteiger partial charge in [-0.2, -0.15) is 0 Å². The predicted molar refractivity (Wildman–Crippen MR) is 181 cm³/mol. The molecular weight excluding hydrogens is 570 g/mol. The fraction of sp³-hybridized carbons (Fsp3) is 0.865. The highest BCUT2D eigenvalue weighted by molar-refractivity contribution is 5.08. The molecule has 8 bridgehead atoms. The Morgan fingerprint density at radius 1 is 0.283 bits per heavy atom. The van der Waals surface area contributed by atoms with Crippen LogP contribution in [0.1, 0.15) is 103 Å². The van der Waals surface area contributed by atoms with E-state index in [0.717, 1.165) is 47.3 Å². The second-order valence-corrected chi connectivity index (χ2v) is 16.6. The van der Waals surface area contributed by atoms with Crippen LogP contribution >= 0.6 is 0 Å². The average Bonchev–Trinajstić information content (AvgIpc) is 3.85. The Kier molecular flexibility index (Phi) is 9.14. The Morgan fingerprint density at radius 2 is 0.478 bits per heavy atom. The molecule has 8 atom stereocenters. The third-order valence-corrected chi connectivity index (χ3v) is 14.4. The number of pyridine rings is 1. The van der Waals surface area contributed by atoms with E-state index in [1.807, 2.05) is 18.2 Å². The molecule has 4 saturated carbocycles. The number of rotatable bonds is 0. The van der Waals surface area contributed by atoms with Gasteiger partial charge in [0, 0.05) is 12.4 Å². The zero-order valence-electron chi connectivity index (χ0n) is 27.9. The van der Waals surface area contributed by atoms with E-state index in [-0.39, 0.29) is 0 Å². The molecule has 0 aromatic carbocycles. The number of nitrogens with zero attached hydrogens (tertiary/aromatic N) is 1. The number of hydrogen-bond acceptors (Lipinski definition) is 9. The molecule has 1 aromatic heterocycles. The lowest BCUT2D eigenvalue weighted by Crippen LogP contribution is -2.61. The van der Waals surface area contributed by atoms with Gasteiger partial charge in [-0.3, -0.25) is 47.5 Å². The summed E-state index contributed by atoms with van der Waals surface area (Å²) < 4.78 is 0. The molecule has 9 heteroatoms. The normalized spacial score (nSPS) is 51.1. The maximum atomic E-state index is 4.26. The molecule has 4 aliphatic carbocycles. The maximum absolute atomic E-state index is 4.26. The van der Waals surface area contributed by atoms with Crippen molar-refractivity contribution in [3.05, 3.63) is 30.6 Å².